The maximum absolute atomic E-state index is 13.3. The van der Waals surface area contributed by atoms with Crippen LogP contribution in [0.2, 0.25) is 10.2 Å². The smallest absolute Gasteiger partial charge is 0.261 e. The second kappa shape index (κ2) is 7.72. The fourth-order valence-corrected chi connectivity index (χ4v) is 5.07. The Kier molecular flexibility index (Phi) is 5.29. The van der Waals surface area contributed by atoms with Crippen LogP contribution in [0.25, 0.3) is 0 Å². The molecule has 0 bridgehead atoms. The zero-order valence-electron chi connectivity index (χ0n) is 14.7. The summed E-state index contributed by atoms with van der Waals surface area (Å²) >= 11 is 11.9. The van der Waals surface area contributed by atoms with E-state index in [0.29, 0.717) is 18.0 Å². The van der Waals surface area contributed by atoms with Gasteiger partial charge < -0.3 is 0 Å². The van der Waals surface area contributed by atoms with Crippen LogP contribution in [-0.4, -0.2) is 24.4 Å². The molecule has 2 heterocycles. The third kappa shape index (κ3) is 3.61. The molecule has 3 aromatic rings. The summed E-state index contributed by atoms with van der Waals surface area (Å²) in [6.07, 6.45) is 1.94. The lowest BCUT2D eigenvalue weighted by atomic mass is 10.0. The Morgan fingerprint density at radius 2 is 1.64 bits per heavy atom. The summed E-state index contributed by atoms with van der Waals surface area (Å²) in [4.78, 5) is 4.03. The van der Waals surface area contributed by atoms with Gasteiger partial charge in [-0.05, 0) is 48.4 Å². The van der Waals surface area contributed by atoms with Crippen molar-refractivity contribution < 1.29 is 8.42 Å². The van der Waals surface area contributed by atoms with Gasteiger partial charge in [-0.25, -0.2) is 13.4 Å². The van der Waals surface area contributed by atoms with Gasteiger partial charge in [-0.3, -0.25) is 5.01 Å². The molecule has 0 aliphatic carbocycles. The molecule has 0 amide bonds. The lowest BCUT2D eigenvalue weighted by molar-refractivity contribution is 0.440. The molecule has 1 unspecified atom stereocenters. The second-order valence-corrected chi connectivity index (χ2v) is 9.07. The number of hydrogen-bond donors (Lipinski definition) is 0. The highest BCUT2D eigenvalue weighted by Gasteiger charge is 2.40. The molecule has 1 aliphatic heterocycles. The Balaban J connectivity index is 1.79. The molecule has 0 saturated carbocycles. The minimum Gasteiger partial charge on any atom is -0.285 e. The number of sulfonamides is 1. The van der Waals surface area contributed by atoms with Crippen molar-refractivity contribution >= 4 is 38.9 Å². The molecule has 0 radical (unpaired) electrons. The minimum atomic E-state index is -3.80. The number of anilines is 1. The van der Waals surface area contributed by atoms with E-state index < -0.39 is 10.0 Å². The summed E-state index contributed by atoms with van der Waals surface area (Å²) in [5.74, 6) is 0. The Morgan fingerprint density at radius 1 is 0.929 bits per heavy atom. The summed E-state index contributed by atoms with van der Waals surface area (Å²) in [6, 6.07) is 19.9. The van der Waals surface area contributed by atoms with Crippen LogP contribution < -0.4 is 5.01 Å². The lowest BCUT2D eigenvalue weighted by Crippen LogP contribution is -2.42. The van der Waals surface area contributed by atoms with Gasteiger partial charge in [-0.2, -0.15) is 0 Å². The fourth-order valence-electron chi connectivity index (χ4n) is 3.38. The molecule has 0 N–H and O–H groups in total. The van der Waals surface area contributed by atoms with Crippen LogP contribution in [0, 0.1) is 0 Å². The molecule has 1 saturated heterocycles. The molecule has 4 rings (SSSR count). The number of aromatic nitrogens is 1. The van der Waals surface area contributed by atoms with Crippen molar-refractivity contribution in [3.05, 3.63) is 88.7 Å². The lowest BCUT2D eigenvalue weighted by Gasteiger charge is -2.33. The molecule has 8 heteroatoms. The Bertz CT molecular complexity index is 1060. The van der Waals surface area contributed by atoms with Crippen molar-refractivity contribution in [1.29, 1.82) is 0 Å². The molecule has 1 fully saturated rings. The van der Waals surface area contributed by atoms with E-state index in [1.54, 1.807) is 12.1 Å². The van der Waals surface area contributed by atoms with Gasteiger partial charge >= 0.3 is 0 Å². The maximum Gasteiger partial charge on any atom is 0.261 e. The monoisotopic (exact) mass is 433 g/mol. The Labute approximate surface area is 174 Å². The molecule has 1 aromatic heterocycles. The Hall–Kier alpha value is -2.12. The minimum absolute atomic E-state index is 0.101. The van der Waals surface area contributed by atoms with Gasteiger partial charge in [0.2, 0.25) is 0 Å². The van der Waals surface area contributed by atoms with Crippen LogP contribution in [0.15, 0.2) is 77.8 Å². The van der Waals surface area contributed by atoms with Gasteiger partial charge in [-0.1, -0.05) is 53.5 Å². The van der Waals surface area contributed by atoms with Crippen LogP contribution in [0.1, 0.15) is 18.0 Å². The number of halogens is 2. The van der Waals surface area contributed by atoms with Gasteiger partial charge in [0.1, 0.15) is 10.0 Å². The van der Waals surface area contributed by atoms with Crippen LogP contribution in [0.4, 0.5) is 5.69 Å². The first-order valence-electron chi connectivity index (χ1n) is 8.71. The summed E-state index contributed by atoms with van der Waals surface area (Å²) in [6.45, 7) is 0.354. The molecule has 28 heavy (non-hydrogen) atoms. The number of hydrazine groups is 1. The van der Waals surface area contributed by atoms with Crippen LogP contribution in [0.3, 0.4) is 0 Å². The fraction of sp³-hybridized carbons (Fsp3) is 0.150. The van der Waals surface area contributed by atoms with Crippen LogP contribution in [-0.2, 0) is 10.0 Å². The molecular formula is C20H17Cl2N3O2S. The highest BCUT2D eigenvalue weighted by atomic mass is 35.5. The van der Waals surface area contributed by atoms with E-state index in [0.717, 1.165) is 11.3 Å². The Morgan fingerprint density at radius 3 is 2.29 bits per heavy atom. The molecular weight excluding hydrogens is 417 g/mol. The number of benzene rings is 2. The highest BCUT2D eigenvalue weighted by molar-refractivity contribution is 7.89. The van der Waals surface area contributed by atoms with Crippen molar-refractivity contribution in [2.45, 2.75) is 17.4 Å². The first kappa shape index (κ1) is 19.2. The van der Waals surface area contributed by atoms with Crippen molar-refractivity contribution in [1.82, 2.24) is 9.40 Å². The third-order valence-electron chi connectivity index (χ3n) is 4.68. The summed E-state index contributed by atoms with van der Waals surface area (Å²) in [5, 5.41) is 2.66. The average molecular weight is 434 g/mol. The largest absolute Gasteiger partial charge is 0.285 e. The van der Waals surface area contributed by atoms with Crippen LogP contribution in [0.5, 0.6) is 0 Å². The number of hydrogen-bond acceptors (Lipinski definition) is 4. The van der Waals surface area contributed by atoms with E-state index >= 15 is 0 Å². The average Bonchev–Trinajstić information content (AvgIpc) is 3.15. The van der Waals surface area contributed by atoms with Crippen molar-refractivity contribution in [2.24, 2.45) is 0 Å². The van der Waals surface area contributed by atoms with Gasteiger partial charge in [-0.15, -0.1) is 4.41 Å². The normalized spacial score (nSPS) is 17.8. The van der Waals surface area contributed by atoms with Gasteiger partial charge in [0.15, 0.2) is 0 Å². The molecule has 0 spiro atoms. The third-order valence-corrected chi connectivity index (χ3v) is 6.91. The topological polar surface area (TPSA) is 53.5 Å². The molecule has 144 valence electrons. The van der Waals surface area contributed by atoms with Crippen LogP contribution >= 0.6 is 23.2 Å². The highest BCUT2D eigenvalue weighted by Crippen LogP contribution is 2.39. The second-order valence-electron chi connectivity index (χ2n) is 6.40. The van der Waals surface area contributed by atoms with Gasteiger partial charge in [0.05, 0.1) is 11.7 Å². The quantitative estimate of drug-likeness (QED) is 0.546. The van der Waals surface area contributed by atoms with Crippen molar-refractivity contribution in [3.8, 4) is 0 Å². The number of pyridine rings is 1. The predicted octanol–water partition coefficient (Wildman–Crippen LogP) is 4.95. The van der Waals surface area contributed by atoms with E-state index in [1.807, 2.05) is 47.5 Å². The number of rotatable bonds is 4. The predicted molar refractivity (Wildman–Crippen MR) is 111 cm³/mol. The summed E-state index contributed by atoms with van der Waals surface area (Å²) in [7, 11) is -3.80. The van der Waals surface area contributed by atoms with Gasteiger partial charge in [0, 0.05) is 17.8 Å². The van der Waals surface area contributed by atoms with E-state index in [4.69, 9.17) is 23.2 Å². The molecule has 5 nitrogen and oxygen atoms in total. The SMILES string of the molecule is O=S(=O)(c1ccc(Cl)nc1)N1CCC(c2ccccc2)N1c1ccc(Cl)cc1. The molecule has 1 atom stereocenters. The van der Waals surface area contributed by atoms with E-state index in [1.165, 1.54) is 22.7 Å². The first-order valence-corrected chi connectivity index (χ1v) is 10.9. The standard InChI is InChI=1S/C20H17Cl2N3O2S/c21-16-6-8-17(9-7-16)25-19(15-4-2-1-3-5-15)12-13-24(25)28(26,27)18-10-11-20(22)23-14-18/h1-11,14,19H,12-13H2. The summed E-state index contributed by atoms with van der Waals surface area (Å²) in [5.41, 5.74) is 1.80. The van der Waals surface area contributed by atoms with E-state index in [2.05, 4.69) is 4.98 Å². The van der Waals surface area contributed by atoms with E-state index in [9.17, 15) is 8.42 Å². The zero-order valence-corrected chi connectivity index (χ0v) is 17.1. The number of nitrogens with zero attached hydrogens (tertiary/aromatic N) is 3. The summed E-state index contributed by atoms with van der Waals surface area (Å²) < 4.78 is 28.1. The van der Waals surface area contributed by atoms with Crippen molar-refractivity contribution in [3.63, 3.8) is 0 Å². The zero-order chi connectivity index (χ0) is 19.7. The first-order chi connectivity index (χ1) is 13.5. The maximum atomic E-state index is 13.3. The molecule has 1 aliphatic rings. The van der Waals surface area contributed by atoms with Gasteiger partial charge in [0.25, 0.3) is 10.0 Å². The molecule has 2 aromatic carbocycles. The van der Waals surface area contributed by atoms with Crippen molar-refractivity contribution in [2.75, 3.05) is 11.6 Å². The van der Waals surface area contributed by atoms with E-state index in [-0.39, 0.29) is 16.1 Å².